The number of nitrogens with one attached hydrogen (secondary N) is 2. The smallest absolute Gasteiger partial charge is 0.0459 e. The summed E-state index contributed by atoms with van der Waals surface area (Å²) >= 11 is 0. The third-order valence-electron chi connectivity index (χ3n) is 2.76. The Morgan fingerprint density at radius 2 is 2.07 bits per heavy atom. The number of hydrogen-bond acceptors (Lipinski definition) is 1. The average molecular weight is 202 g/mol. The topological polar surface area (TPSA) is 27.8 Å². The Morgan fingerprint density at radius 3 is 2.87 bits per heavy atom. The highest BCUT2D eigenvalue weighted by Gasteiger charge is 2.06. The van der Waals surface area contributed by atoms with Gasteiger partial charge in [-0.1, -0.05) is 25.1 Å². The van der Waals surface area contributed by atoms with Gasteiger partial charge in [0.15, 0.2) is 0 Å². The molecule has 15 heavy (non-hydrogen) atoms. The van der Waals surface area contributed by atoms with Crippen molar-refractivity contribution in [3.63, 3.8) is 0 Å². The van der Waals surface area contributed by atoms with Crippen LogP contribution in [0.5, 0.6) is 0 Å². The molecule has 0 atom stereocenters. The molecular formula is C13H18N2. The van der Waals surface area contributed by atoms with Crippen molar-refractivity contribution in [2.24, 2.45) is 0 Å². The molecular weight excluding hydrogens is 184 g/mol. The van der Waals surface area contributed by atoms with Crippen molar-refractivity contribution in [3.05, 3.63) is 35.5 Å². The molecule has 0 unspecified atom stereocenters. The molecule has 2 nitrogen and oxygen atoms in total. The van der Waals surface area contributed by atoms with Crippen molar-refractivity contribution in [1.82, 2.24) is 10.3 Å². The number of hydrogen-bond donors (Lipinski definition) is 2. The van der Waals surface area contributed by atoms with E-state index in [9.17, 15) is 0 Å². The van der Waals surface area contributed by atoms with E-state index in [1.807, 2.05) is 0 Å². The molecule has 1 aromatic carbocycles. The summed E-state index contributed by atoms with van der Waals surface area (Å²) in [7, 11) is 0. The Balaban J connectivity index is 2.28. The van der Waals surface area contributed by atoms with E-state index in [2.05, 4.69) is 48.4 Å². The SMILES string of the molecule is CCCNCc1c(C)[nH]c2ccccc12. The van der Waals surface area contributed by atoms with Crippen molar-refractivity contribution in [2.75, 3.05) is 6.54 Å². The second-order valence-corrected chi connectivity index (χ2v) is 3.95. The van der Waals surface area contributed by atoms with Crippen LogP contribution in [0, 0.1) is 6.92 Å². The van der Waals surface area contributed by atoms with Crippen LogP contribution >= 0.6 is 0 Å². The lowest BCUT2D eigenvalue weighted by atomic mass is 10.1. The van der Waals surface area contributed by atoms with E-state index < -0.39 is 0 Å². The van der Waals surface area contributed by atoms with Gasteiger partial charge in [-0.25, -0.2) is 0 Å². The second-order valence-electron chi connectivity index (χ2n) is 3.95. The number of rotatable bonds is 4. The van der Waals surface area contributed by atoms with Crippen molar-refractivity contribution >= 4 is 10.9 Å². The van der Waals surface area contributed by atoms with Gasteiger partial charge in [0, 0.05) is 23.1 Å². The fourth-order valence-corrected chi connectivity index (χ4v) is 1.95. The van der Waals surface area contributed by atoms with E-state index in [1.54, 1.807) is 0 Å². The van der Waals surface area contributed by atoms with Gasteiger partial charge in [0.2, 0.25) is 0 Å². The van der Waals surface area contributed by atoms with Gasteiger partial charge >= 0.3 is 0 Å². The van der Waals surface area contributed by atoms with E-state index in [0.29, 0.717) is 0 Å². The largest absolute Gasteiger partial charge is 0.358 e. The zero-order chi connectivity index (χ0) is 10.7. The number of fused-ring (bicyclic) bond motifs is 1. The zero-order valence-corrected chi connectivity index (χ0v) is 9.43. The maximum atomic E-state index is 3.45. The van der Waals surface area contributed by atoms with E-state index in [4.69, 9.17) is 0 Å². The summed E-state index contributed by atoms with van der Waals surface area (Å²) in [5, 5.41) is 4.80. The van der Waals surface area contributed by atoms with Crippen LogP contribution in [-0.4, -0.2) is 11.5 Å². The average Bonchev–Trinajstić information content (AvgIpc) is 2.56. The summed E-state index contributed by atoms with van der Waals surface area (Å²) in [6, 6.07) is 8.48. The summed E-state index contributed by atoms with van der Waals surface area (Å²) in [5.41, 5.74) is 3.92. The highest BCUT2D eigenvalue weighted by Crippen LogP contribution is 2.21. The van der Waals surface area contributed by atoms with Crippen LogP contribution in [0.2, 0.25) is 0 Å². The maximum absolute atomic E-state index is 3.45. The van der Waals surface area contributed by atoms with Crippen LogP contribution in [0.3, 0.4) is 0 Å². The molecule has 0 saturated heterocycles. The first-order valence-corrected chi connectivity index (χ1v) is 5.60. The molecule has 0 aliphatic heterocycles. The Labute approximate surface area is 90.7 Å². The molecule has 1 aromatic heterocycles. The number of aromatic amines is 1. The predicted molar refractivity (Wildman–Crippen MR) is 65.0 cm³/mol. The normalized spacial score (nSPS) is 11.1. The Morgan fingerprint density at radius 1 is 1.27 bits per heavy atom. The predicted octanol–water partition coefficient (Wildman–Crippen LogP) is 2.98. The summed E-state index contributed by atoms with van der Waals surface area (Å²) in [4.78, 5) is 3.41. The fourth-order valence-electron chi connectivity index (χ4n) is 1.95. The van der Waals surface area contributed by atoms with Gasteiger partial charge in [0.1, 0.15) is 0 Å². The molecule has 2 heteroatoms. The summed E-state index contributed by atoms with van der Waals surface area (Å²) in [6.45, 7) is 6.38. The minimum atomic E-state index is 0.962. The monoisotopic (exact) mass is 202 g/mol. The third-order valence-corrected chi connectivity index (χ3v) is 2.76. The minimum Gasteiger partial charge on any atom is -0.358 e. The molecule has 0 aliphatic carbocycles. The van der Waals surface area contributed by atoms with Gasteiger partial charge in [0.25, 0.3) is 0 Å². The van der Waals surface area contributed by atoms with Crippen LogP contribution < -0.4 is 5.32 Å². The Hall–Kier alpha value is -1.28. The molecule has 80 valence electrons. The molecule has 1 heterocycles. The number of para-hydroxylation sites is 1. The summed E-state index contributed by atoms with van der Waals surface area (Å²) < 4.78 is 0. The number of H-pyrrole nitrogens is 1. The number of aryl methyl sites for hydroxylation is 1. The van der Waals surface area contributed by atoms with Crippen molar-refractivity contribution in [1.29, 1.82) is 0 Å². The Kier molecular flexibility index (Phi) is 3.07. The Bertz CT molecular complexity index is 443. The molecule has 0 fully saturated rings. The zero-order valence-electron chi connectivity index (χ0n) is 9.43. The highest BCUT2D eigenvalue weighted by atomic mass is 14.9. The summed E-state index contributed by atoms with van der Waals surface area (Å²) in [6.07, 6.45) is 1.18. The lowest BCUT2D eigenvalue weighted by Gasteiger charge is -2.03. The molecule has 0 amide bonds. The number of aromatic nitrogens is 1. The molecule has 2 aromatic rings. The van der Waals surface area contributed by atoms with E-state index >= 15 is 0 Å². The maximum Gasteiger partial charge on any atom is 0.0459 e. The quantitative estimate of drug-likeness (QED) is 0.733. The van der Waals surface area contributed by atoms with Gasteiger partial charge in [-0.2, -0.15) is 0 Å². The molecule has 0 aliphatic rings. The van der Waals surface area contributed by atoms with E-state index in [-0.39, 0.29) is 0 Å². The standard InChI is InChI=1S/C13H18N2/c1-3-8-14-9-12-10(2)15-13-7-5-4-6-11(12)13/h4-7,14-15H,3,8-9H2,1-2H3. The molecule has 2 rings (SSSR count). The van der Waals surface area contributed by atoms with Gasteiger partial charge in [-0.3, -0.25) is 0 Å². The molecule has 0 spiro atoms. The van der Waals surface area contributed by atoms with E-state index in [1.165, 1.54) is 28.6 Å². The molecule has 2 N–H and O–H groups in total. The van der Waals surface area contributed by atoms with Crippen molar-refractivity contribution < 1.29 is 0 Å². The molecule has 0 radical (unpaired) electrons. The van der Waals surface area contributed by atoms with Crippen molar-refractivity contribution in [3.8, 4) is 0 Å². The van der Waals surface area contributed by atoms with Gasteiger partial charge in [-0.05, 0) is 31.5 Å². The first-order valence-electron chi connectivity index (χ1n) is 5.60. The van der Waals surface area contributed by atoms with Crippen molar-refractivity contribution in [2.45, 2.75) is 26.8 Å². The van der Waals surface area contributed by atoms with Crippen LogP contribution in [-0.2, 0) is 6.54 Å². The lowest BCUT2D eigenvalue weighted by molar-refractivity contribution is 0.675. The van der Waals surface area contributed by atoms with Gasteiger partial charge in [0.05, 0.1) is 0 Å². The third kappa shape index (κ3) is 2.05. The number of benzene rings is 1. The van der Waals surface area contributed by atoms with Crippen LogP contribution in [0.15, 0.2) is 24.3 Å². The van der Waals surface area contributed by atoms with E-state index in [0.717, 1.165) is 13.1 Å². The van der Waals surface area contributed by atoms with Gasteiger partial charge < -0.3 is 10.3 Å². The molecule has 0 bridgehead atoms. The van der Waals surface area contributed by atoms with Crippen LogP contribution in [0.4, 0.5) is 0 Å². The first-order chi connectivity index (χ1) is 7.33. The molecule has 0 saturated carbocycles. The lowest BCUT2D eigenvalue weighted by Crippen LogP contribution is -2.14. The second kappa shape index (κ2) is 4.49. The fraction of sp³-hybridized carbons (Fsp3) is 0.385. The van der Waals surface area contributed by atoms with Crippen LogP contribution in [0.1, 0.15) is 24.6 Å². The van der Waals surface area contributed by atoms with Crippen LogP contribution in [0.25, 0.3) is 10.9 Å². The minimum absolute atomic E-state index is 0.962. The van der Waals surface area contributed by atoms with Gasteiger partial charge in [-0.15, -0.1) is 0 Å². The summed E-state index contributed by atoms with van der Waals surface area (Å²) in [5.74, 6) is 0. The first kappa shape index (κ1) is 10.2. The highest BCUT2D eigenvalue weighted by molar-refractivity contribution is 5.84.